The van der Waals surface area contributed by atoms with Gasteiger partial charge in [0.25, 0.3) is 0 Å². The van der Waals surface area contributed by atoms with Crippen LogP contribution in [0.15, 0.2) is 18.2 Å². The zero-order chi connectivity index (χ0) is 12.8. The zero-order valence-corrected chi connectivity index (χ0v) is 11.3. The van der Waals surface area contributed by atoms with Crippen molar-refractivity contribution in [1.82, 2.24) is 5.32 Å². The molecule has 17 heavy (non-hydrogen) atoms. The minimum atomic E-state index is -0.135. The van der Waals surface area contributed by atoms with Crippen LogP contribution in [0.3, 0.4) is 0 Å². The first kappa shape index (κ1) is 14.0. The maximum atomic E-state index is 13.9. The van der Waals surface area contributed by atoms with Crippen LogP contribution in [-0.2, 0) is 6.54 Å². The van der Waals surface area contributed by atoms with Crippen LogP contribution >= 0.6 is 0 Å². The highest BCUT2D eigenvalue weighted by Gasteiger charge is 2.08. The normalized spacial score (nSPS) is 10.9. The molecule has 0 spiro atoms. The monoisotopic (exact) mass is 238 g/mol. The summed E-state index contributed by atoms with van der Waals surface area (Å²) in [6.45, 7) is 5.95. The Bertz CT molecular complexity index is 350. The molecule has 0 atom stereocenters. The smallest absolute Gasteiger partial charge is 0.146 e. The summed E-state index contributed by atoms with van der Waals surface area (Å²) in [5.41, 5.74) is 1.66. The van der Waals surface area contributed by atoms with E-state index in [9.17, 15) is 4.39 Å². The average Bonchev–Trinajstić information content (AvgIpc) is 2.26. The number of hydrogen-bond acceptors (Lipinski definition) is 2. The first-order valence-electron chi connectivity index (χ1n) is 6.18. The fourth-order valence-electron chi connectivity index (χ4n) is 1.75. The Kier molecular flexibility index (Phi) is 5.42. The van der Waals surface area contributed by atoms with Crippen LogP contribution in [0.1, 0.15) is 25.8 Å². The Hall–Kier alpha value is -1.09. The van der Waals surface area contributed by atoms with Gasteiger partial charge >= 0.3 is 0 Å². The molecule has 0 amide bonds. The summed E-state index contributed by atoms with van der Waals surface area (Å²) >= 11 is 0. The first-order valence-corrected chi connectivity index (χ1v) is 6.18. The Morgan fingerprint density at radius 2 is 2.06 bits per heavy atom. The number of nitrogens with one attached hydrogen (secondary N) is 1. The second kappa shape index (κ2) is 6.60. The third-order valence-corrected chi connectivity index (χ3v) is 2.85. The molecule has 0 aromatic heterocycles. The van der Waals surface area contributed by atoms with E-state index in [1.165, 1.54) is 0 Å². The number of hydrogen-bond donors (Lipinski definition) is 1. The van der Waals surface area contributed by atoms with Crippen LogP contribution in [0.5, 0.6) is 0 Å². The van der Waals surface area contributed by atoms with Crippen LogP contribution in [0.25, 0.3) is 0 Å². The van der Waals surface area contributed by atoms with Gasteiger partial charge in [0.1, 0.15) is 5.82 Å². The summed E-state index contributed by atoms with van der Waals surface area (Å²) < 4.78 is 13.9. The second-order valence-electron chi connectivity index (χ2n) is 4.92. The molecular formula is C14H23FN2. The van der Waals surface area contributed by atoms with Gasteiger partial charge in [-0.05, 0) is 37.1 Å². The van der Waals surface area contributed by atoms with Crippen LogP contribution < -0.4 is 10.2 Å². The summed E-state index contributed by atoms with van der Waals surface area (Å²) in [7, 11) is 3.80. The van der Waals surface area contributed by atoms with Crippen LogP contribution in [0.2, 0.25) is 0 Å². The van der Waals surface area contributed by atoms with E-state index in [-0.39, 0.29) is 5.82 Å². The van der Waals surface area contributed by atoms with Gasteiger partial charge in [0.2, 0.25) is 0 Å². The highest BCUT2D eigenvalue weighted by Crippen LogP contribution is 2.20. The lowest BCUT2D eigenvalue weighted by molar-refractivity contribution is 0.574. The van der Waals surface area contributed by atoms with E-state index in [1.54, 1.807) is 6.07 Å². The SMILES string of the molecule is CNCc1ccc(N(C)CCC(C)C)c(F)c1. The molecular weight excluding hydrogens is 215 g/mol. The van der Waals surface area contributed by atoms with Gasteiger partial charge in [-0.1, -0.05) is 19.9 Å². The topological polar surface area (TPSA) is 15.3 Å². The third-order valence-electron chi connectivity index (χ3n) is 2.85. The van der Waals surface area contributed by atoms with Gasteiger partial charge in [0.15, 0.2) is 0 Å². The highest BCUT2D eigenvalue weighted by molar-refractivity contribution is 5.48. The largest absolute Gasteiger partial charge is 0.372 e. The van der Waals surface area contributed by atoms with Crippen molar-refractivity contribution in [3.8, 4) is 0 Å². The first-order chi connectivity index (χ1) is 8.04. The molecule has 1 rings (SSSR count). The molecule has 2 nitrogen and oxygen atoms in total. The molecule has 0 bridgehead atoms. The fraction of sp³-hybridized carbons (Fsp3) is 0.571. The number of benzene rings is 1. The molecule has 0 unspecified atom stereocenters. The van der Waals surface area contributed by atoms with E-state index in [2.05, 4.69) is 19.2 Å². The van der Waals surface area contributed by atoms with Gasteiger partial charge in [0, 0.05) is 20.1 Å². The fourth-order valence-corrected chi connectivity index (χ4v) is 1.75. The predicted octanol–water partition coefficient (Wildman–Crippen LogP) is 3.03. The standard InChI is InChI=1S/C14H23FN2/c1-11(2)7-8-17(4)14-6-5-12(10-16-3)9-13(14)15/h5-6,9,11,16H,7-8,10H2,1-4H3. The van der Waals surface area contributed by atoms with Crippen LogP contribution in [-0.4, -0.2) is 20.6 Å². The summed E-state index contributed by atoms with van der Waals surface area (Å²) in [6.07, 6.45) is 1.08. The van der Waals surface area contributed by atoms with Crippen molar-refractivity contribution in [2.75, 3.05) is 25.5 Å². The molecule has 0 aliphatic carbocycles. The quantitative estimate of drug-likeness (QED) is 0.819. The lowest BCUT2D eigenvalue weighted by atomic mass is 10.1. The van der Waals surface area contributed by atoms with Crippen molar-refractivity contribution in [2.45, 2.75) is 26.8 Å². The maximum absolute atomic E-state index is 13.9. The van der Waals surface area contributed by atoms with Crippen molar-refractivity contribution < 1.29 is 4.39 Å². The molecule has 0 heterocycles. The lowest BCUT2D eigenvalue weighted by Gasteiger charge is -2.21. The van der Waals surface area contributed by atoms with Crippen molar-refractivity contribution in [1.29, 1.82) is 0 Å². The van der Waals surface area contributed by atoms with Gasteiger partial charge in [-0.3, -0.25) is 0 Å². The van der Waals surface area contributed by atoms with E-state index < -0.39 is 0 Å². The van der Waals surface area contributed by atoms with Crippen LogP contribution in [0, 0.1) is 11.7 Å². The molecule has 0 saturated carbocycles. The summed E-state index contributed by atoms with van der Waals surface area (Å²) in [6, 6.07) is 5.45. The summed E-state index contributed by atoms with van der Waals surface area (Å²) in [4.78, 5) is 1.98. The second-order valence-corrected chi connectivity index (χ2v) is 4.92. The summed E-state index contributed by atoms with van der Waals surface area (Å²) in [5.74, 6) is 0.507. The van der Waals surface area contributed by atoms with Gasteiger partial charge < -0.3 is 10.2 Å². The van der Waals surface area contributed by atoms with Crippen molar-refractivity contribution in [3.63, 3.8) is 0 Å². The van der Waals surface area contributed by atoms with Gasteiger partial charge in [-0.2, -0.15) is 0 Å². The number of rotatable bonds is 6. The lowest BCUT2D eigenvalue weighted by Crippen LogP contribution is -2.21. The molecule has 3 heteroatoms. The van der Waals surface area contributed by atoms with E-state index in [0.29, 0.717) is 18.2 Å². The van der Waals surface area contributed by atoms with E-state index in [1.807, 2.05) is 31.1 Å². The molecule has 1 aromatic rings. The average molecular weight is 238 g/mol. The molecule has 1 N–H and O–H groups in total. The molecule has 96 valence electrons. The predicted molar refractivity (Wildman–Crippen MR) is 71.9 cm³/mol. The highest BCUT2D eigenvalue weighted by atomic mass is 19.1. The van der Waals surface area contributed by atoms with Gasteiger partial charge in [-0.25, -0.2) is 4.39 Å². The minimum Gasteiger partial charge on any atom is -0.372 e. The Balaban J connectivity index is 2.70. The number of nitrogens with zero attached hydrogens (tertiary/aromatic N) is 1. The molecule has 0 fully saturated rings. The van der Waals surface area contributed by atoms with Crippen molar-refractivity contribution >= 4 is 5.69 Å². The minimum absolute atomic E-state index is 0.135. The third kappa shape index (κ3) is 4.35. The van der Waals surface area contributed by atoms with Crippen molar-refractivity contribution in [2.24, 2.45) is 5.92 Å². The summed E-state index contributed by atoms with van der Waals surface area (Å²) in [5, 5.41) is 3.02. The maximum Gasteiger partial charge on any atom is 0.146 e. The van der Waals surface area contributed by atoms with Gasteiger partial charge in [-0.15, -0.1) is 0 Å². The number of halogens is 1. The Labute approximate surface area is 104 Å². The van der Waals surface area contributed by atoms with Crippen LogP contribution in [0.4, 0.5) is 10.1 Å². The van der Waals surface area contributed by atoms with Crippen molar-refractivity contribution in [3.05, 3.63) is 29.6 Å². The molecule has 0 saturated heterocycles. The van der Waals surface area contributed by atoms with E-state index in [4.69, 9.17) is 0 Å². The molecule has 0 aliphatic rings. The molecule has 0 radical (unpaired) electrons. The molecule has 1 aromatic carbocycles. The number of anilines is 1. The Morgan fingerprint density at radius 1 is 1.35 bits per heavy atom. The van der Waals surface area contributed by atoms with Gasteiger partial charge in [0.05, 0.1) is 5.69 Å². The zero-order valence-electron chi connectivity index (χ0n) is 11.3. The Morgan fingerprint density at radius 3 is 2.59 bits per heavy atom. The van der Waals surface area contributed by atoms with E-state index in [0.717, 1.165) is 18.5 Å². The van der Waals surface area contributed by atoms with E-state index >= 15 is 0 Å². The molecule has 0 aliphatic heterocycles.